The van der Waals surface area contributed by atoms with Crippen LogP contribution in [0.3, 0.4) is 0 Å². The predicted octanol–water partition coefficient (Wildman–Crippen LogP) is 4.59. The van der Waals surface area contributed by atoms with Gasteiger partial charge in [-0.3, -0.25) is 5.14 Å². The van der Waals surface area contributed by atoms with Gasteiger partial charge in [0.2, 0.25) is 0 Å². The lowest BCUT2D eigenvalue weighted by Gasteiger charge is -2.09. The summed E-state index contributed by atoms with van der Waals surface area (Å²) in [6, 6.07) is 15.3. The molecule has 6 heteroatoms. The van der Waals surface area contributed by atoms with E-state index in [9.17, 15) is 0 Å². The Labute approximate surface area is 128 Å². The summed E-state index contributed by atoms with van der Waals surface area (Å²) < 4.78 is 11.6. The molecule has 0 heterocycles. The number of nitrogens with two attached hydrogens (primary N) is 1. The van der Waals surface area contributed by atoms with E-state index in [4.69, 9.17) is 26.0 Å². The fourth-order valence-electron chi connectivity index (χ4n) is 1.66. The van der Waals surface area contributed by atoms with Gasteiger partial charge in [-0.2, -0.15) is 4.52 Å². The van der Waals surface area contributed by atoms with Crippen LogP contribution >= 0.6 is 17.3 Å². The molecule has 2 aromatic rings. The van der Waals surface area contributed by atoms with E-state index < -0.39 is 5.69 Å². The lowest BCUT2D eigenvalue weighted by Crippen LogP contribution is -2.00. The van der Waals surface area contributed by atoms with Crippen LogP contribution in [0.25, 0.3) is 0 Å². The average molecular weight is 325 g/mol. The molecule has 0 spiro atoms. The summed E-state index contributed by atoms with van der Waals surface area (Å²) in [6.45, 7) is 3.99. The summed E-state index contributed by atoms with van der Waals surface area (Å²) >= 11 is 6.41. The first-order chi connectivity index (χ1) is 9.50. The van der Waals surface area contributed by atoms with Crippen LogP contribution < -0.4 is 14.2 Å². The normalized spacial score (nSPS) is 13.6. The second kappa shape index (κ2) is 6.64. The zero-order chi connectivity index (χ0) is 14.6. The van der Waals surface area contributed by atoms with Gasteiger partial charge < -0.3 is 4.52 Å². The van der Waals surface area contributed by atoms with Crippen molar-refractivity contribution >= 4 is 29.1 Å². The number of benzene rings is 2. The molecule has 20 heavy (non-hydrogen) atoms. The zero-order valence-electron chi connectivity index (χ0n) is 11.3. The van der Waals surface area contributed by atoms with Crippen LogP contribution in [0, 0.1) is 13.8 Å². The van der Waals surface area contributed by atoms with E-state index in [2.05, 4.69) is 0 Å². The SMILES string of the molecule is Cc1cccc(OP(=S)([O+]c2cccc(C)c2)SN)c1. The fraction of sp³-hybridized carbons (Fsp3) is 0.143. The summed E-state index contributed by atoms with van der Waals surface area (Å²) in [5.74, 6) is 1.36. The Morgan fingerprint density at radius 2 is 1.75 bits per heavy atom. The lowest BCUT2D eigenvalue weighted by molar-refractivity contribution is 0.506. The van der Waals surface area contributed by atoms with E-state index >= 15 is 0 Å². The van der Waals surface area contributed by atoms with Crippen LogP contribution in [0.15, 0.2) is 48.5 Å². The third kappa shape index (κ3) is 4.25. The Hall–Kier alpha value is -1.00. The van der Waals surface area contributed by atoms with Crippen LogP contribution in [-0.2, 0) is 11.8 Å². The summed E-state index contributed by atoms with van der Waals surface area (Å²) in [5.41, 5.74) is -0.458. The van der Waals surface area contributed by atoms with Crippen molar-refractivity contribution in [1.82, 2.24) is 0 Å². The van der Waals surface area contributed by atoms with Crippen molar-refractivity contribution in [2.24, 2.45) is 5.14 Å². The van der Waals surface area contributed by atoms with Crippen molar-refractivity contribution in [2.45, 2.75) is 13.8 Å². The Morgan fingerprint density at radius 1 is 1.10 bits per heavy atom. The number of aryl methyl sites for hydroxylation is 2. The molecule has 0 amide bonds. The van der Waals surface area contributed by atoms with Crippen molar-refractivity contribution in [3.8, 4) is 11.5 Å². The quantitative estimate of drug-likeness (QED) is 0.495. The highest BCUT2D eigenvalue weighted by atomic mass is 32.9. The second-order valence-electron chi connectivity index (χ2n) is 4.37. The van der Waals surface area contributed by atoms with Crippen molar-refractivity contribution < 1.29 is 9.05 Å². The molecule has 0 aliphatic carbocycles. The highest BCUT2D eigenvalue weighted by Crippen LogP contribution is 2.57. The number of hydrogen-bond donors (Lipinski definition) is 1. The van der Waals surface area contributed by atoms with Crippen LogP contribution in [0.2, 0.25) is 0 Å². The first kappa shape index (κ1) is 15.4. The Morgan fingerprint density at radius 3 is 2.35 bits per heavy atom. The Balaban J connectivity index is 2.19. The van der Waals surface area contributed by atoms with Crippen LogP contribution in [0.4, 0.5) is 0 Å². The van der Waals surface area contributed by atoms with E-state index in [0.29, 0.717) is 11.5 Å². The fourth-order valence-corrected chi connectivity index (χ4v) is 3.82. The first-order valence-electron chi connectivity index (χ1n) is 6.02. The monoisotopic (exact) mass is 325 g/mol. The predicted molar refractivity (Wildman–Crippen MR) is 89.7 cm³/mol. The van der Waals surface area contributed by atoms with Gasteiger partial charge in [0.15, 0.2) is 0 Å². The molecule has 0 saturated carbocycles. The molecule has 105 valence electrons. The van der Waals surface area contributed by atoms with Gasteiger partial charge in [0, 0.05) is 12.1 Å². The number of hydrogen-bond acceptors (Lipinski definition) is 5. The highest BCUT2D eigenvalue weighted by molar-refractivity contribution is 8.67. The summed E-state index contributed by atoms with van der Waals surface area (Å²) in [5, 5.41) is 5.69. The number of rotatable bonds is 5. The maximum atomic E-state index is 5.82. The molecule has 2 N–H and O–H groups in total. The Kier molecular flexibility index (Phi) is 5.11. The maximum absolute atomic E-state index is 5.82. The smallest absolute Gasteiger partial charge is 0.388 e. The highest BCUT2D eigenvalue weighted by Gasteiger charge is 2.37. The molecule has 2 rings (SSSR count). The molecule has 1 radical (unpaired) electrons. The van der Waals surface area contributed by atoms with Gasteiger partial charge in [-0.1, -0.05) is 24.3 Å². The Bertz CT molecular complexity index is 597. The van der Waals surface area contributed by atoms with Crippen LogP contribution in [-0.4, -0.2) is 0 Å². The van der Waals surface area contributed by atoms with E-state index in [1.165, 1.54) is 0 Å². The standard InChI is InChI=1S/C14H16NO2PS2/c1-11-5-3-7-13(9-11)16-18(19,20-15)17-14-8-4-6-12(2)10-14/h3-10H,15H2,1-2H3/q+1. The van der Waals surface area contributed by atoms with Gasteiger partial charge >= 0.3 is 11.4 Å². The minimum Gasteiger partial charge on any atom is -0.388 e. The lowest BCUT2D eigenvalue weighted by atomic mass is 10.2. The molecule has 2 aromatic carbocycles. The second-order valence-corrected chi connectivity index (χ2v) is 10.0. The third-order valence-corrected chi connectivity index (χ3v) is 6.11. The van der Waals surface area contributed by atoms with Crippen LogP contribution in [0.5, 0.6) is 11.5 Å². The molecular weight excluding hydrogens is 309 g/mol. The van der Waals surface area contributed by atoms with Gasteiger partial charge in [-0.15, -0.1) is 0 Å². The van der Waals surface area contributed by atoms with Gasteiger partial charge in [0.25, 0.3) is 0 Å². The van der Waals surface area contributed by atoms with Gasteiger partial charge in [0.05, 0.1) is 23.4 Å². The molecule has 0 saturated heterocycles. The molecule has 0 atom stereocenters. The topological polar surface area (TPSA) is 46.5 Å². The maximum Gasteiger partial charge on any atom is 0.583 e. The minimum atomic E-state index is -2.66. The van der Waals surface area contributed by atoms with Gasteiger partial charge in [0.1, 0.15) is 5.75 Å². The molecule has 0 aromatic heterocycles. The summed E-state index contributed by atoms with van der Waals surface area (Å²) in [4.78, 5) is 0. The minimum absolute atomic E-state index is 0.680. The van der Waals surface area contributed by atoms with Gasteiger partial charge in [-0.05, 0) is 37.1 Å². The van der Waals surface area contributed by atoms with Crippen molar-refractivity contribution in [3.63, 3.8) is 0 Å². The molecule has 3 nitrogen and oxygen atoms in total. The summed E-state index contributed by atoms with van der Waals surface area (Å²) in [7, 11) is 0. The third-order valence-electron chi connectivity index (χ3n) is 2.54. The van der Waals surface area contributed by atoms with E-state index in [0.717, 1.165) is 22.7 Å². The van der Waals surface area contributed by atoms with Crippen molar-refractivity contribution in [1.29, 1.82) is 0 Å². The van der Waals surface area contributed by atoms with E-state index in [1.807, 2.05) is 62.4 Å². The van der Waals surface area contributed by atoms with Gasteiger partial charge in [-0.25, -0.2) is 0 Å². The molecule has 0 fully saturated rings. The molecule has 0 unspecified atom stereocenters. The molecular formula is C14H16NO2PS2+. The zero-order valence-corrected chi connectivity index (χ0v) is 13.8. The van der Waals surface area contributed by atoms with Crippen LogP contribution in [0.1, 0.15) is 11.1 Å². The molecule has 0 aliphatic heterocycles. The molecule has 0 aliphatic rings. The summed E-state index contributed by atoms with van der Waals surface area (Å²) in [6.07, 6.45) is 0. The average Bonchev–Trinajstić information content (AvgIpc) is 2.38. The van der Waals surface area contributed by atoms with Crippen molar-refractivity contribution in [3.05, 3.63) is 59.7 Å². The van der Waals surface area contributed by atoms with E-state index in [-0.39, 0.29) is 0 Å². The first-order valence-corrected chi connectivity index (χ1v) is 10.1. The molecule has 0 bridgehead atoms. The van der Waals surface area contributed by atoms with Crippen molar-refractivity contribution in [2.75, 3.05) is 0 Å². The van der Waals surface area contributed by atoms with E-state index in [1.54, 1.807) is 0 Å². The largest absolute Gasteiger partial charge is 0.583 e.